The molecule has 33 heavy (non-hydrogen) atoms. The summed E-state index contributed by atoms with van der Waals surface area (Å²) in [7, 11) is 1.64. The monoisotopic (exact) mass is 460 g/mol. The summed E-state index contributed by atoms with van der Waals surface area (Å²) < 4.78 is 5.27. The number of para-hydroxylation sites is 2. The number of aromatic nitrogens is 2. The van der Waals surface area contributed by atoms with Crippen molar-refractivity contribution in [2.75, 3.05) is 7.11 Å². The van der Waals surface area contributed by atoms with Gasteiger partial charge in [-0.3, -0.25) is 0 Å². The summed E-state index contributed by atoms with van der Waals surface area (Å²) in [6.07, 6.45) is 2.30. The molecule has 2 amide bonds. The van der Waals surface area contributed by atoms with Gasteiger partial charge in [0, 0.05) is 5.02 Å². The number of ether oxygens (including phenoxy) is 1. The molecule has 1 saturated carbocycles. The van der Waals surface area contributed by atoms with Crippen LogP contribution in [-0.2, 0) is 12.0 Å². The molecule has 1 aromatic heterocycles. The summed E-state index contributed by atoms with van der Waals surface area (Å²) in [6.45, 7) is 0. The van der Waals surface area contributed by atoms with Crippen LogP contribution >= 0.6 is 11.6 Å². The predicted molar refractivity (Wildman–Crippen MR) is 130 cm³/mol. The number of carbonyl (C=O) groups is 1. The van der Waals surface area contributed by atoms with E-state index in [0.717, 1.165) is 40.8 Å². The van der Waals surface area contributed by atoms with E-state index in [1.54, 1.807) is 7.11 Å². The van der Waals surface area contributed by atoms with E-state index in [1.165, 1.54) is 0 Å². The van der Waals surface area contributed by atoms with Crippen LogP contribution in [0, 0.1) is 0 Å². The number of H-pyrrole nitrogens is 1. The average Bonchev–Trinajstić information content (AvgIpc) is 3.46. The Bertz CT molecular complexity index is 1250. The van der Waals surface area contributed by atoms with Gasteiger partial charge in [0.15, 0.2) is 0 Å². The van der Waals surface area contributed by atoms with Crippen molar-refractivity contribution in [1.82, 2.24) is 20.6 Å². The van der Waals surface area contributed by atoms with Crippen LogP contribution in [0.5, 0.6) is 5.75 Å². The Balaban J connectivity index is 1.39. The molecule has 0 radical (unpaired) electrons. The maximum atomic E-state index is 13.1. The van der Waals surface area contributed by atoms with Gasteiger partial charge in [-0.25, -0.2) is 9.78 Å². The Morgan fingerprint density at radius 3 is 2.52 bits per heavy atom. The number of hydrogen-bond acceptors (Lipinski definition) is 3. The van der Waals surface area contributed by atoms with E-state index < -0.39 is 5.54 Å². The number of urea groups is 1. The number of hydrogen-bond donors (Lipinski definition) is 3. The van der Waals surface area contributed by atoms with E-state index in [-0.39, 0.29) is 12.1 Å². The molecule has 1 aliphatic carbocycles. The maximum Gasteiger partial charge on any atom is 0.316 e. The first-order valence-electron chi connectivity index (χ1n) is 11.0. The van der Waals surface area contributed by atoms with Crippen molar-refractivity contribution in [2.45, 2.75) is 30.8 Å². The second-order valence-electron chi connectivity index (χ2n) is 8.40. The third-order valence-electron chi connectivity index (χ3n) is 6.13. The van der Waals surface area contributed by atoms with Crippen LogP contribution in [0.25, 0.3) is 11.0 Å². The highest BCUT2D eigenvalue weighted by molar-refractivity contribution is 6.31. The summed E-state index contributed by atoms with van der Waals surface area (Å²) in [5.41, 5.74) is 3.40. The molecule has 6 nitrogen and oxygen atoms in total. The zero-order valence-corrected chi connectivity index (χ0v) is 19.0. The van der Waals surface area contributed by atoms with Crippen molar-refractivity contribution >= 4 is 28.7 Å². The van der Waals surface area contributed by atoms with Gasteiger partial charge < -0.3 is 20.4 Å². The van der Waals surface area contributed by atoms with Gasteiger partial charge in [-0.2, -0.15) is 0 Å². The quantitative estimate of drug-likeness (QED) is 0.341. The second kappa shape index (κ2) is 8.79. The molecule has 1 aliphatic rings. The number of fused-ring (bicyclic) bond motifs is 1. The number of benzene rings is 3. The topological polar surface area (TPSA) is 79.0 Å². The molecule has 7 heteroatoms. The maximum absolute atomic E-state index is 13.1. The van der Waals surface area contributed by atoms with Crippen LogP contribution in [0.15, 0.2) is 72.8 Å². The van der Waals surface area contributed by atoms with Crippen LogP contribution in [0.3, 0.4) is 0 Å². The molecule has 0 spiro atoms. The number of amides is 2. The lowest BCUT2D eigenvalue weighted by Gasteiger charge is -2.23. The van der Waals surface area contributed by atoms with Gasteiger partial charge in [0.2, 0.25) is 0 Å². The standard InChI is InChI=1S/C26H25ClN4O2/c1-33-18-12-10-17(11-13-18)16-23(24-28-21-8-4-5-9-22(21)29-24)30-25(32)31-26(14-15-26)19-6-2-3-7-20(19)27/h2-13,23H,14-16H2,1H3,(H,28,29)(H2,30,31,32). The van der Waals surface area contributed by atoms with Crippen molar-refractivity contribution in [3.8, 4) is 5.75 Å². The molecule has 4 aromatic rings. The predicted octanol–water partition coefficient (Wildman–Crippen LogP) is 5.50. The molecule has 5 rings (SSSR count). The molecule has 3 N–H and O–H groups in total. The van der Waals surface area contributed by atoms with Gasteiger partial charge in [-0.15, -0.1) is 0 Å². The van der Waals surface area contributed by atoms with Crippen LogP contribution in [0.4, 0.5) is 4.79 Å². The number of halogens is 1. The van der Waals surface area contributed by atoms with Gasteiger partial charge in [-0.05, 0) is 60.7 Å². The first-order valence-corrected chi connectivity index (χ1v) is 11.4. The van der Waals surface area contributed by atoms with Crippen molar-refractivity contribution < 1.29 is 9.53 Å². The molecular formula is C26H25ClN4O2. The summed E-state index contributed by atoms with van der Waals surface area (Å²) in [5, 5.41) is 6.97. The number of methoxy groups -OCH3 is 1. The van der Waals surface area contributed by atoms with Crippen LogP contribution in [-0.4, -0.2) is 23.1 Å². The molecule has 1 atom stereocenters. The minimum atomic E-state index is -0.416. The number of nitrogens with zero attached hydrogens (tertiary/aromatic N) is 1. The van der Waals surface area contributed by atoms with Crippen molar-refractivity contribution in [2.24, 2.45) is 0 Å². The number of rotatable bonds is 7. The lowest BCUT2D eigenvalue weighted by Crippen LogP contribution is -2.44. The van der Waals surface area contributed by atoms with E-state index in [4.69, 9.17) is 21.3 Å². The molecule has 168 valence electrons. The van der Waals surface area contributed by atoms with Crippen molar-refractivity contribution in [1.29, 1.82) is 0 Å². The molecule has 1 heterocycles. The lowest BCUT2D eigenvalue weighted by atomic mass is 10.0. The Labute approximate surface area is 197 Å². The second-order valence-corrected chi connectivity index (χ2v) is 8.81. The third-order valence-corrected chi connectivity index (χ3v) is 6.46. The van der Waals surface area contributed by atoms with E-state index in [9.17, 15) is 4.79 Å². The van der Waals surface area contributed by atoms with E-state index in [2.05, 4.69) is 15.6 Å². The fourth-order valence-electron chi connectivity index (χ4n) is 4.20. The molecule has 0 aliphatic heterocycles. The van der Waals surface area contributed by atoms with Gasteiger partial charge >= 0.3 is 6.03 Å². The summed E-state index contributed by atoms with van der Waals surface area (Å²) in [4.78, 5) is 21.2. The first-order chi connectivity index (χ1) is 16.1. The largest absolute Gasteiger partial charge is 0.497 e. The number of carbonyl (C=O) groups excluding carboxylic acids is 1. The molecule has 0 saturated heterocycles. The minimum Gasteiger partial charge on any atom is -0.497 e. The Morgan fingerprint density at radius 2 is 1.82 bits per heavy atom. The molecule has 1 unspecified atom stereocenters. The van der Waals surface area contributed by atoms with Crippen LogP contribution in [0.2, 0.25) is 5.02 Å². The highest BCUT2D eigenvalue weighted by atomic mass is 35.5. The van der Waals surface area contributed by atoms with Crippen molar-refractivity contribution in [3.05, 3.63) is 94.8 Å². The smallest absolute Gasteiger partial charge is 0.316 e. The zero-order valence-electron chi connectivity index (χ0n) is 18.3. The molecule has 1 fully saturated rings. The molecule has 3 aromatic carbocycles. The van der Waals surface area contributed by atoms with Gasteiger partial charge in [-0.1, -0.05) is 54.1 Å². The Hall–Kier alpha value is -3.51. The molecule has 0 bridgehead atoms. The lowest BCUT2D eigenvalue weighted by molar-refractivity contribution is 0.231. The van der Waals surface area contributed by atoms with Gasteiger partial charge in [0.25, 0.3) is 0 Å². The third kappa shape index (κ3) is 4.52. The SMILES string of the molecule is COc1ccc(CC(NC(=O)NC2(c3ccccc3Cl)CC2)c2nc3ccccc3[nH]2)cc1. The number of imidazole rings is 1. The van der Waals surface area contributed by atoms with Gasteiger partial charge in [0.05, 0.1) is 29.7 Å². The summed E-state index contributed by atoms with van der Waals surface area (Å²) in [6, 6.07) is 22.8. The van der Waals surface area contributed by atoms with Gasteiger partial charge in [0.1, 0.15) is 11.6 Å². The normalized spacial score (nSPS) is 15.1. The van der Waals surface area contributed by atoms with E-state index in [0.29, 0.717) is 17.3 Å². The zero-order chi connectivity index (χ0) is 22.8. The molecular weight excluding hydrogens is 436 g/mol. The first kappa shape index (κ1) is 21.3. The Morgan fingerprint density at radius 1 is 1.09 bits per heavy atom. The van der Waals surface area contributed by atoms with E-state index in [1.807, 2.05) is 72.8 Å². The summed E-state index contributed by atoms with van der Waals surface area (Å²) in [5.74, 6) is 1.50. The highest BCUT2D eigenvalue weighted by Crippen LogP contribution is 2.47. The van der Waals surface area contributed by atoms with Crippen LogP contribution in [0.1, 0.15) is 35.8 Å². The number of nitrogens with one attached hydrogen (secondary N) is 3. The van der Waals surface area contributed by atoms with Crippen molar-refractivity contribution in [3.63, 3.8) is 0 Å². The fraction of sp³-hybridized carbons (Fsp3) is 0.231. The highest BCUT2D eigenvalue weighted by Gasteiger charge is 2.47. The van der Waals surface area contributed by atoms with Crippen LogP contribution < -0.4 is 15.4 Å². The fourth-order valence-corrected chi connectivity index (χ4v) is 4.52. The number of aromatic amines is 1. The summed E-state index contributed by atoms with van der Waals surface area (Å²) >= 11 is 6.41. The average molecular weight is 461 g/mol. The minimum absolute atomic E-state index is 0.244. The van der Waals surface area contributed by atoms with E-state index >= 15 is 0 Å². The Kier molecular flexibility index (Phi) is 5.68.